The smallest absolute Gasteiger partial charge is 0.141 e. The lowest BCUT2D eigenvalue weighted by Crippen LogP contribution is -2.38. The quantitative estimate of drug-likeness (QED) is 0.873. The number of nitrogens with one attached hydrogen (secondary N) is 1. The third-order valence-electron chi connectivity index (χ3n) is 3.60. The van der Waals surface area contributed by atoms with Crippen LogP contribution in [0.4, 0.5) is 4.39 Å². The van der Waals surface area contributed by atoms with E-state index < -0.39 is 0 Å². The van der Waals surface area contributed by atoms with Gasteiger partial charge in [0.15, 0.2) is 0 Å². The first-order valence-corrected chi connectivity index (χ1v) is 6.18. The highest BCUT2D eigenvalue weighted by atomic mass is 19.1. The average molecular weight is 236 g/mol. The monoisotopic (exact) mass is 236 g/mol. The van der Waals surface area contributed by atoms with Crippen molar-refractivity contribution in [1.29, 1.82) is 0 Å². The minimum Gasteiger partial charge on any atom is -0.312 e. The highest BCUT2D eigenvalue weighted by molar-refractivity contribution is 5.26. The Morgan fingerprint density at radius 1 is 1.47 bits per heavy atom. The van der Waals surface area contributed by atoms with Gasteiger partial charge >= 0.3 is 0 Å². The van der Waals surface area contributed by atoms with Crippen molar-refractivity contribution in [1.82, 2.24) is 10.3 Å². The van der Waals surface area contributed by atoms with Gasteiger partial charge in [0.1, 0.15) is 5.82 Å². The van der Waals surface area contributed by atoms with Crippen molar-refractivity contribution in [2.24, 2.45) is 5.92 Å². The topological polar surface area (TPSA) is 24.9 Å². The van der Waals surface area contributed by atoms with E-state index in [0.29, 0.717) is 5.92 Å². The molecule has 3 heteroatoms. The molecule has 0 saturated heterocycles. The number of nitrogens with zero attached hydrogens (tertiary/aromatic N) is 1. The van der Waals surface area contributed by atoms with Crippen molar-refractivity contribution in [3.8, 4) is 0 Å². The number of halogens is 1. The number of aromatic nitrogens is 1. The Labute approximate surface area is 103 Å². The Bertz CT molecular complexity index is 394. The van der Waals surface area contributed by atoms with E-state index in [0.717, 1.165) is 18.7 Å². The number of hydrogen-bond acceptors (Lipinski definition) is 2. The molecule has 0 radical (unpaired) electrons. The first-order chi connectivity index (χ1) is 7.81. The lowest BCUT2D eigenvalue weighted by molar-refractivity contribution is 0.405. The maximum atomic E-state index is 12.8. The molecule has 1 N–H and O–H groups in total. The number of rotatable bonds is 3. The summed E-state index contributed by atoms with van der Waals surface area (Å²) < 4.78 is 12.8. The predicted molar refractivity (Wildman–Crippen MR) is 67.4 cm³/mol. The van der Waals surface area contributed by atoms with Crippen LogP contribution in [0.5, 0.6) is 0 Å². The van der Waals surface area contributed by atoms with Crippen molar-refractivity contribution in [2.75, 3.05) is 6.54 Å². The van der Waals surface area contributed by atoms with Crippen LogP contribution >= 0.6 is 0 Å². The summed E-state index contributed by atoms with van der Waals surface area (Å²) in [6.07, 6.45) is 2.45. The lowest BCUT2D eigenvalue weighted by Gasteiger charge is -2.21. The first kappa shape index (κ1) is 12.5. The van der Waals surface area contributed by atoms with Crippen LogP contribution in [0, 0.1) is 11.7 Å². The molecule has 1 saturated carbocycles. The Hall–Kier alpha value is -0.960. The van der Waals surface area contributed by atoms with Crippen molar-refractivity contribution in [3.63, 3.8) is 0 Å². The van der Waals surface area contributed by atoms with Gasteiger partial charge in [0.2, 0.25) is 0 Å². The first-order valence-electron chi connectivity index (χ1n) is 6.18. The molecular formula is C14H21FN2. The summed E-state index contributed by atoms with van der Waals surface area (Å²) >= 11 is 0. The molecule has 2 unspecified atom stereocenters. The second-order valence-electron chi connectivity index (χ2n) is 6.31. The Morgan fingerprint density at radius 2 is 2.18 bits per heavy atom. The molecule has 0 aliphatic heterocycles. The van der Waals surface area contributed by atoms with Crippen molar-refractivity contribution in [3.05, 3.63) is 29.8 Å². The second kappa shape index (κ2) is 4.05. The zero-order valence-corrected chi connectivity index (χ0v) is 11.0. The molecule has 17 heavy (non-hydrogen) atoms. The van der Waals surface area contributed by atoms with Gasteiger partial charge in [-0.3, -0.25) is 4.98 Å². The van der Waals surface area contributed by atoms with E-state index in [1.165, 1.54) is 12.3 Å². The van der Waals surface area contributed by atoms with Gasteiger partial charge in [0, 0.05) is 16.6 Å². The van der Waals surface area contributed by atoms with E-state index in [1.807, 2.05) is 6.07 Å². The van der Waals surface area contributed by atoms with Gasteiger partial charge in [-0.15, -0.1) is 0 Å². The van der Waals surface area contributed by atoms with E-state index in [4.69, 9.17) is 0 Å². The fourth-order valence-electron chi connectivity index (χ4n) is 2.21. The molecule has 1 aliphatic carbocycles. The molecule has 1 aromatic heterocycles. The zero-order valence-electron chi connectivity index (χ0n) is 11.0. The average Bonchev–Trinajstić information content (AvgIpc) is 2.88. The molecule has 0 amide bonds. The third kappa shape index (κ3) is 2.83. The van der Waals surface area contributed by atoms with E-state index in [1.54, 1.807) is 0 Å². The van der Waals surface area contributed by atoms with Gasteiger partial charge in [-0.25, -0.2) is 4.39 Å². The van der Waals surface area contributed by atoms with Gasteiger partial charge in [0.05, 0.1) is 6.20 Å². The highest BCUT2D eigenvalue weighted by Crippen LogP contribution is 2.52. The summed E-state index contributed by atoms with van der Waals surface area (Å²) in [7, 11) is 0. The molecule has 0 bridgehead atoms. The van der Waals surface area contributed by atoms with E-state index in [-0.39, 0.29) is 16.8 Å². The van der Waals surface area contributed by atoms with Crippen molar-refractivity contribution < 1.29 is 4.39 Å². The molecule has 1 fully saturated rings. The molecule has 1 heterocycles. The van der Waals surface area contributed by atoms with E-state index in [9.17, 15) is 4.39 Å². The number of hydrogen-bond donors (Lipinski definition) is 1. The van der Waals surface area contributed by atoms with Gasteiger partial charge in [-0.1, -0.05) is 6.92 Å². The summed E-state index contributed by atoms with van der Waals surface area (Å²) in [5, 5.41) is 3.52. The Kier molecular flexibility index (Phi) is 2.98. The molecule has 2 atom stereocenters. The third-order valence-corrected chi connectivity index (χ3v) is 3.60. The molecule has 2 rings (SSSR count). The van der Waals surface area contributed by atoms with E-state index in [2.05, 4.69) is 38.0 Å². The van der Waals surface area contributed by atoms with Crippen LogP contribution in [-0.4, -0.2) is 17.1 Å². The maximum Gasteiger partial charge on any atom is 0.141 e. The molecular weight excluding hydrogens is 215 g/mol. The van der Waals surface area contributed by atoms with Crippen LogP contribution < -0.4 is 5.32 Å². The Morgan fingerprint density at radius 3 is 2.71 bits per heavy atom. The fraction of sp³-hybridized carbons (Fsp3) is 0.643. The molecule has 0 spiro atoms. The van der Waals surface area contributed by atoms with Crippen molar-refractivity contribution in [2.45, 2.75) is 45.1 Å². The Balaban J connectivity index is 1.97. The summed E-state index contributed by atoms with van der Waals surface area (Å²) in [4.78, 5) is 4.20. The van der Waals surface area contributed by atoms with Crippen LogP contribution in [0.25, 0.3) is 0 Å². The molecule has 1 aliphatic rings. The van der Waals surface area contributed by atoms with Crippen LogP contribution in [0.15, 0.2) is 18.3 Å². The minimum atomic E-state index is -0.262. The number of pyridine rings is 1. The van der Waals surface area contributed by atoms with Crippen LogP contribution in [-0.2, 0) is 5.41 Å². The van der Waals surface area contributed by atoms with Crippen LogP contribution in [0.1, 0.15) is 39.8 Å². The van der Waals surface area contributed by atoms with Crippen molar-refractivity contribution >= 4 is 0 Å². The predicted octanol–water partition coefficient (Wildman–Crippen LogP) is 2.89. The molecule has 1 aromatic rings. The maximum absolute atomic E-state index is 12.8. The van der Waals surface area contributed by atoms with E-state index >= 15 is 0 Å². The fourth-order valence-corrected chi connectivity index (χ4v) is 2.21. The standard InChI is InChI=1S/C14H21FN2/c1-13(2,3)17-8-10-7-14(10,4)12-6-5-11(15)9-16-12/h5-6,9-10,17H,7-8H2,1-4H3. The zero-order chi connectivity index (χ0) is 12.7. The minimum absolute atomic E-state index is 0.131. The SMILES string of the molecule is CC(C)(C)NCC1CC1(C)c1ccc(F)cn1. The van der Waals surface area contributed by atoms with Crippen LogP contribution in [0.3, 0.4) is 0 Å². The summed E-state index contributed by atoms with van der Waals surface area (Å²) in [5.41, 5.74) is 1.30. The van der Waals surface area contributed by atoms with Gasteiger partial charge in [-0.2, -0.15) is 0 Å². The molecule has 2 nitrogen and oxygen atoms in total. The summed E-state index contributed by atoms with van der Waals surface area (Å²) in [6.45, 7) is 9.72. The normalized spacial score (nSPS) is 28.2. The lowest BCUT2D eigenvalue weighted by atomic mass is 10.0. The van der Waals surface area contributed by atoms with Gasteiger partial charge in [0.25, 0.3) is 0 Å². The van der Waals surface area contributed by atoms with Gasteiger partial charge in [-0.05, 0) is 51.8 Å². The van der Waals surface area contributed by atoms with Gasteiger partial charge < -0.3 is 5.32 Å². The summed E-state index contributed by atoms with van der Waals surface area (Å²) in [6, 6.07) is 3.31. The highest BCUT2D eigenvalue weighted by Gasteiger charge is 2.52. The second-order valence-corrected chi connectivity index (χ2v) is 6.31. The van der Waals surface area contributed by atoms with Crippen LogP contribution in [0.2, 0.25) is 0 Å². The molecule has 0 aromatic carbocycles. The largest absolute Gasteiger partial charge is 0.312 e. The summed E-state index contributed by atoms with van der Waals surface area (Å²) in [5.74, 6) is 0.349. The molecule has 94 valence electrons.